The van der Waals surface area contributed by atoms with Crippen molar-refractivity contribution in [2.24, 2.45) is 11.1 Å². The first kappa shape index (κ1) is 16.3. The molecule has 26 heavy (non-hydrogen) atoms. The summed E-state index contributed by atoms with van der Waals surface area (Å²) in [5, 5.41) is 6.30. The van der Waals surface area contributed by atoms with Gasteiger partial charge >= 0.3 is 0 Å². The van der Waals surface area contributed by atoms with Gasteiger partial charge in [-0.15, -0.1) is 11.3 Å². The first-order valence-corrected chi connectivity index (χ1v) is 9.75. The highest BCUT2D eigenvalue weighted by Crippen LogP contribution is 2.68. The Morgan fingerprint density at radius 3 is 2.77 bits per heavy atom. The van der Waals surface area contributed by atoms with Crippen LogP contribution >= 0.6 is 11.3 Å². The van der Waals surface area contributed by atoms with Gasteiger partial charge in [-0.2, -0.15) is 0 Å². The lowest BCUT2D eigenvalue weighted by Gasteiger charge is -2.47. The van der Waals surface area contributed by atoms with Crippen molar-refractivity contribution < 1.29 is 18.7 Å². The van der Waals surface area contributed by atoms with Crippen molar-refractivity contribution in [1.29, 1.82) is 0 Å². The Morgan fingerprint density at radius 2 is 2.08 bits per heavy atom. The van der Waals surface area contributed by atoms with Gasteiger partial charge in [-0.1, -0.05) is 0 Å². The van der Waals surface area contributed by atoms with Crippen LogP contribution in [0.25, 0.3) is 10.3 Å². The van der Waals surface area contributed by atoms with E-state index < -0.39 is 16.6 Å². The normalized spacial score (nSPS) is 31.8. The summed E-state index contributed by atoms with van der Waals surface area (Å²) >= 11 is 1.40. The summed E-state index contributed by atoms with van der Waals surface area (Å²) in [5.41, 5.74) is 4.97. The molecule has 2 amide bonds. The van der Waals surface area contributed by atoms with Crippen molar-refractivity contribution in [2.45, 2.75) is 36.9 Å². The van der Waals surface area contributed by atoms with E-state index in [-0.39, 0.29) is 11.8 Å². The number of nitrogens with two attached hydrogens (primary N) is 1. The lowest BCUT2D eigenvalue weighted by atomic mass is 9.53. The van der Waals surface area contributed by atoms with E-state index in [0.29, 0.717) is 24.3 Å². The molecular weight excluding hydrogens is 354 g/mol. The summed E-state index contributed by atoms with van der Waals surface area (Å²) in [6.45, 7) is 2.05. The molecule has 0 aromatic carbocycles. The molecule has 0 unspecified atom stereocenters. The highest BCUT2D eigenvalue weighted by Gasteiger charge is 2.77. The van der Waals surface area contributed by atoms with Gasteiger partial charge in [-0.3, -0.25) is 9.59 Å². The van der Waals surface area contributed by atoms with Gasteiger partial charge in [0.15, 0.2) is 0 Å². The lowest BCUT2D eigenvalue weighted by Crippen LogP contribution is -2.60. The van der Waals surface area contributed by atoms with Crippen molar-refractivity contribution in [3.05, 3.63) is 23.3 Å². The molecule has 8 heteroatoms. The number of amides is 2. The minimum atomic E-state index is -0.581. The number of furan rings is 1. The Balaban J connectivity index is 1.31. The van der Waals surface area contributed by atoms with Gasteiger partial charge in [0, 0.05) is 12.6 Å². The third-order valence-electron chi connectivity index (χ3n) is 6.35. The van der Waals surface area contributed by atoms with Crippen LogP contribution in [-0.2, 0) is 9.53 Å². The molecule has 1 aliphatic carbocycles. The number of fused-ring (bicyclic) bond motifs is 1. The van der Waals surface area contributed by atoms with Gasteiger partial charge in [0.2, 0.25) is 5.91 Å². The van der Waals surface area contributed by atoms with E-state index >= 15 is 0 Å². The van der Waals surface area contributed by atoms with E-state index in [0.717, 1.165) is 36.2 Å². The van der Waals surface area contributed by atoms with Gasteiger partial charge in [0.1, 0.15) is 5.58 Å². The lowest BCUT2D eigenvalue weighted by molar-refractivity contribution is -0.137. The fraction of sp³-hybridized carbons (Fsp3) is 0.556. The largest absolute Gasteiger partial charge is 0.463 e. The van der Waals surface area contributed by atoms with E-state index in [1.54, 1.807) is 12.3 Å². The number of ether oxygens (including phenoxy) is 1. The van der Waals surface area contributed by atoms with Gasteiger partial charge in [0.05, 0.1) is 32.5 Å². The van der Waals surface area contributed by atoms with E-state index in [9.17, 15) is 9.59 Å². The zero-order valence-electron chi connectivity index (χ0n) is 14.3. The summed E-state index contributed by atoms with van der Waals surface area (Å²) in [5.74, 6) is -0.403. The number of hydrogen-bond donors (Lipinski definition) is 3. The number of thiophene rings is 1. The molecule has 3 saturated heterocycles. The molecule has 138 valence electrons. The zero-order chi connectivity index (χ0) is 18.0. The number of piperidine rings is 1. The fourth-order valence-electron chi connectivity index (χ4n) is 5.13. The van der Waals surface area contributed by atoms with Crippen LogP contribution in [0.15, 0.2) is 22.8 Å². The molecular formula is C18H21N3O4S. The van der Waals surface area contributed by atoms with Crippen LogP contribution in [0, 0.1) is 5.41 Å². The Hall–Kier alpha value is -1.90. The second-order valence-electron chi connectivity index (χ2n) is 7.77. The van der Waals surface area contributed by atoms with Crippen molar-refractivity contribution in [3.63, 3.8) is 0 Å². The van der Waals surface area contributed by atoms with E-state index in [1.807, 2.05) is 6.07 Å². The highest BCUT2D eigenvalue weighted by atomic mass is 32.1. The average molecular weight is 375 g/mol. The van der Waals surface area contributed by atoms with Crippen LogP contribution in [0.4, 0.5) is 0 Å². The SMILES string of the molecule is NC(=O)C12CC(CNC(=O)c3cc4occc4s3)(C1)OC21CCNCC1. The summed E-state index contributed by atoms with van der Waals surface area (Å²) in [6, 6.07) is 3.61. The Bertz CT molecular complexity index is 861. The predicted molar refractivity (Wildman–Crippen MR) is 95.9 cm³/mol. The third kappa shape index (κ3) is 2.06. The summed E-state index contributed by atoms with van der Waals surface area (Å²) in [4.78, 5) is 25.4. The van der Waals surface area contributed by atoms with Crippen LogP contribution < -0.4 is 16.4 Å². The fourth-order valence-corrected chi connectivity index (χ4v) is 6.03. The number of nitrogens with one attached hydrogen (secondary N) is 2. The molecule has 3 aliphatic heterocycles. The average Bonchev–Trinajstić information content (AvgIpc) is 3.28. The van der Waals surface area contributed by atoms with E-state index in [1.165, 1.54) is 11.3 Å². The molecule has 4 fully saturated rings. The van der Waals surface area contributed by atoms with Crippen LogP contribution in [0.3, 0.4) is 0 Å². The molecule has 2 aromatic rings. The van der Waals surface area contributed by atoms with Gasteiger partial charge in [0.25, 0.3) is 5.91 Å². The van der Waals surface area contributed by atoms with Gasteiger partial charge < -0.3 is 25.5 Å². The molecule has 6 rings (SSSR count). The Labute approximate surface area is 154 Å². The Kier molecular flexibility index (Phi) is 3.33. The van der Waals surface area contributed by atoms with Crippen molar-refractivity contribution >= 4 is 33.4 Å². The van der Waals surface area contributed by atoms with Crippen LogP contribution in [0.2, 0.25) is 0 Å². The molecule has 4 aliphatic rings. The summed E-state index contributed by atoms with van der Waals surface area (Å²) in [6.07, 6.45) is 4.38. The first-order chi connectivity index (χ1) is 12.5. The summed E-state index contributed by atoms with van der Waals surface area (Å²) < 4.78 is 12.7. The second-order valence-corrected chi connectivity index (χ2v) is 8.86. The third-order valence-corrected chi connectivity index (χ3v) is 7.43. The quantitative estimate of drug-likeness (QED) is 0.748. The smallest absolute Gasteiger partial charge is 0.261 e. The number of primary amides is 1. The molecule has 2 bridgehead atoms. The van der Waals surface area contributed by atoms with Gasteiger partial charge in [-0.25, -0.2) is 0 Å². The van der Waals surface area contributed by atoms with Crippen LogP contribution in [0.5, 0.6) is 0 Å². The van der Waals surface area contributed by atoms with Crippen molar-refractivity contribution in [1.82, 2.24) is 10.6 Å². The maximum atomic E-state index is 12.5. The first-order valence-electron chi connectivity index (χ1n) is 8.94. The molecule has 4 N–H and O–H groups in total. The molecule has 5 heterocycles. The molecule has 0 atom stereocenters. The number of carbonyl (C=O) groups excluding carboxylic acids is 2. The van der Waals surface area contributed by atoms with Crippen molar-refractivity contribution in [2.75, 3.05) is 19.6 Å². The zero-order valence-corrected chi connectivity index (χ0v) is 15.1. The molecule has 0 radical (unpaired) electrons. The number of rotatable bonds is 4. The Morgan fingerprint density at radius 1 is 1.31 bits per heavy atom. The topological polar surface area (TPSA) is 107 Å². The number of hydrogen-bond acceptors (Lipinski definition) is 6. The van der Waals surface area contributed by atoms with E-state index in [4.69, 9.17) is 14.9 Å². The van der Waals surface area contributed by atoms with E-state index in [2.05, 4.69) is 10.6 Å². The molecule has 7 nitrogen and oxygen atoms in total. The monoisotopic (exact) mass is 375 g/mol. The second kappa shape index (κ2) is 5.31. The van der Waals surface area contributed by atoms with Crippen molar-refractivity contribution in [3.8, 4) is 0 Å². The minimum Gasteiger partial charge on any atom is -0.463 e. The van der Waals surface area contributed by atoms with Crippen LogP contribution in [-0.4, -0.2) is 42.7 Å². The standard InChI is InChI=1S/C18H21N3O4S/c19-15(23)17-8-16(9-17,25-18(17)2-4-20-5-3-18)10-21-14(22)13-7-11-12(26-13)1-6-24-11/h1,6-7,20H,2-5,8-10H2,(H2,19,23)(H,21,22). The number of carbonyl (C=O) groups is 2. The highest BCUT2D eigenvalue weighted by molar-refractivity contribution is 7.20. The molecule has 2 aromatic heterocycles. The minimum absolute atomic E-state index is 0.137. The van der Waals surface area contributed by atoms with Crippen LogP contribution in [0.1, 0.15) is 35.4 Å². The summed E-state index contributed by atoms with van der Waals surface area (Å²) in [7, 11) is 0. The molecule has 1 saturated carbocycles. The van der Waals surface area contributed by atoms with Gasteiger partial charge in [-0.05, 0) is 44.8 Å². The maximum Gasteiger partial charge on any atom is 0.261 e. The maximum absolute atomic E-state index is 12.5. The predicted octanol–water partition coefficient (Wildman–Crippen LogP) is 1.38. The molecule has 1 spiro atoms.